The van der Waals surface area contributed by atoms with Crippen LogP contribution >= 0.6 is 0 Å². The van der Waals surface area contributed by atoms with Crippen molar-refractivity contribution in [3.63, 3.8) is 0 Å². The van der Waals surface area contributed by atoms with Gasteiger partial charge >= 0.3 is 0 Å². The first-order chi connectivity index (χ1) is 9.78. The minimum atomic E-state index is -0.00741. The summed E-state index contributed by atoms with van der Waals surface area (Å²) in [7, 11) is 1.81. The molecule has 3 rings (SSSR count). The molecule has 1 aromatic heterocycles. The molecule has 1 saturated carbocycles. The molecule has 1 heterocycles. The molecule has 1 fully saturated rings. The average Bonchev–Trinajstić information content (AvgIpc) is 2.44. The van der Waals surface area contributed by atoms with Crippen LogP contribution < -0.4 is 10.6 Å². The molecule has 1 aliphatic carbocycles. The van der Waals surface area contributed by atoms with Gasteiger partial charge in [0.05, 0.1) is 11.1 Å². The number of fused-ring (bicyclic) bond motifs is 1. The summed E-state index contributed by atoms with van der Waals surface area (Å²) in [6.45, 7) is 0.782. The molecule has 104 valence electrons. The van der Waals surface area contributed by atoms with Gasteiger partial charge in [-0.2, -0.15) is 0 Å². The number of anilines is 1. The zero-order valence-electron chi connectivity index (χ0n) is 11.6. The van der Waals surface area contributed by atoms with Crippen molar-refractivity contribution in [2.45, 2.75) is 19.3 Å². The molecule has 0 aliphatic heterocycles. The van der Waals surface area contributed by atoms with Gasteiger partial charge in [0.1, 0.15) is 5.82 Å². The van der Waals surface area contributed by atoms with Crippen LogP contribution in [0.2, 0.25) is 0 Å². The predicted octanol–water partition coefficient (Wildman–Crippen LogP) is 2.81. The third-order valence-corrected chi connectivity index (χ3v) is 3.99. The third kappa shape index (κ3) is 2.46. The van der Waals surface area contributed by atoms with Gasteiger partial charge in [0.15, 0.2) is 0 Å². The molecule has 0 bridgehead atoms. The van der Waals surface area contributed by atoms with Gasteiger partial charge in [-0.25, -0.2) is 4.98 Å². The lowest BCUT2D eigenvalue weighted by Gasteiger charge is -2.25. The number of nitrogens with zero attached hydrogens (tertiary/aromatic N) is 1. The number of nitrogens with one attached hydrogen (secondary N) is 2. The minimum Gasteiger partial charge on any atom is -0.373 e. The molecule has 4 heteroatoms. The fourth-order valence-electron chi connectivity index (χ4n) is 2.52. The van der Waals surface area contributed by atoms with Crippen molar-refractivity contribution in [3.05, 3.63) is 35.9 Å². The molecule has 0 saturated heterocycles. The Kier molecular flexibility index (Phi) is 3.54. The lowest BCUT2D eigenvalue weighted by atomic mass is 9.85. The Morgan fingerprint density at radius 2 is 2.15 bits per heavy atom. The number of carbonyl (C=O) groups excluding carboxylic acids is 1. The van der Waals surface area contributed by atoms with Gasteiger partial charge in [-0.3, -0.25) is 4.79 Å². The second-order valence-electron chi connectivity index (χ2n) is 5.33. The van der Waals surface area contributed by atoms with Gasteiger partial charge in [0.2, 0.25) is 0 Å². The molecule has 0 spiro atoms. The van der Waals surface area contributed by atoms with Crippen molar-refractivity contribution in [2.24, 2.45) is 5.92 Å². The summed E-state index contributed by atoms with van der Waals surface area (Å²) in [6.07, 6.45) is 3.76. The Bertz CT molecular complexity index is 635. The van der Waals surface area contributed by atoms with Crippen molar-refractivity contribution in [3.8, 4) is 0 Å². The molecular weight excluding hydrogens is 250 g/mol. The summed E-state index contributed by atoms with van der Waals surface area (Å²) < 4.78 is 0. The Hall–Kier alpha value is -2.10. The predicted molar refractivity (Wildman–Crippen MR) is 81.0 cm³/mol. The first-order valence-electron chi connectivity index (χ1n) is 7.13. The smallest absolute Gasteiger partial charge is 0.252 e. The zero-order chi connectivity index (χ0) is 13.9. The normalized spacial score (nSPS) is 14.8. The molecule has 0 radical (unpaired) electrons. The molecule has 20 heavy (non-hydrogen) atoms. The van der Waals surface area contributed by atoms with E-state index in [0.717, 1.165) is 23.3 Å². The van der Waals surface area contributed by atoms with Crippen LogP contribution in [0.15, 0.2) is 30.3 Å². The maximum Gasteiger partial charge on any atom is 0.252 e. The Balaban J connectivity index is 1.89. The molecule has 2 aromatic rings. The largest absolute Gasteiger partial charge is 0.373 e. The summed E-state index contributed by atoms with van der Waals surface area (Å²) in [5.74, 6) is 1.38. The van der Waals surface area contributed by atoms with Crippen molar-refractivity contribution in [2.75, 3.05) is 18.9 Å². The maximum atomic E-state index is 12.4. The number of rotatable bonds is 4. The van der Waals surface area contributed by atoms with Crippen LogP contribution in [-0.2, 0) is 0 Å². The average molecular weight is 269 g/mol. The van der Waals surface area contributed by atoms with E-state index in [1.165, 1.54) is 19.3 Å². The van der Waals surface area contributed by atoms with Gasteiger partial charge in [0.25, 0.3) is 5.91 Å². The Morgan fingerprint density at radius 1 is 1.35 bits per heavy atom. The third-order valence-electron chi connectivity index (χ3n) is 3.99. The zero-order valence-corrected chi connectivity index (χ0v) is 11.6. The van der Waals surface area contributed by atoms with Gasteiger partial charge in [-0.1, -0.05) is 24.6 Å². The highest BCUT2D eigenvalue weighted by Gasteiger charge is 2.19. The van der Waals surface area contributed by atoms with Gasteiger partial charge < -0.3 is 10.6 Å². The summed E-state index contributed by atoms with van der Waals surface area (Å²) >= 11 is 0. The van der Waals surface area contributed by atoms with E-state index in [1.54, 1.807) is 0 Å². The van der Waals surface area contributed by atoms with Crippen LogP contribution in [0.25, 0.3) is 10.9 Å². The molecular formula is C16H19N3O. The van der Waals surface area contributed by atoms with E-state index in [4.69, 9.17) is 0 Å². The van der Waals surface area contributed by atoms with E-state index in [2.05, 4.69) is 15.6 Å². The summed E-state index contributed by atoms with van der Waals surface area (Å²) in [5, 5.41) is 6.96. The summed E-state index contributed by atoms with van der Waals surface area (Å²) in [4.78, 5) is 16.9. The lowest BCUT2D eigenvalue weighted by molar-refractivity contribution is 0.0940. The molecule has 1 aromatic carbocycles. The van der Waals surface area contributed by atoms with E-state index >= 15 is 0 Å². The number of pyridine rings is 1. The van der Waals surface area contributed by atoms with Crippen molar-refractivity contribution >= 4 is 22.6 Å². The van der Waals surface area contributed by atoms with Crippen LogP contribution in [0.5, 0.6) is 0 Å². The first kappa shape index (κ1) is 12.9. The van der Waals surface area contributed by atoms with E-state index in [9.17, 15) is 4.79 Å². The van der Waals surface area contributed by atoms with Gasteiger partial charge in [-0.05, 0) is 30.9 Å². The number of hydrogen-bond acceptors (Lipinski definition) is 3. The summed E-state index contributed by atoms with van der Waals surface area (Å²) in [5.41, 5.74) is 1.53. The van der Waals surface area contributed by atoms with E-state index in [1.807, 2.05) is 37.4 Å². The molecule has 0 unspecified atom stereocenters. The number of amides is 1. The maximum absolute atomic E-state index is 12.4. The Morgan fingerprint density at radius 3 is 2.85 bits per heavy atom. The van der Waals surface area contributed by atoms with Crippen LogP contribution in [0.1, 0.15) is 29.6 Å². The monoisotopic (exact) mass is 269 g/mol. The molecule has 4 nitrogen and oxygen atoms in total. The fourth-order valence-corrected chi connectivity index (χ4v) is 2.52. The van der Waals surface area contributed by atoms with Gasteiger partial charge in [-0.15, -0.1) is 0 Å². The van der Waals surface area contributed by atoms with Crippen LogP contribution in [0.4, 0.5) is 5.82 Å². The van der Waals surface area contributed by atoms with Crippen molar-refractivity contribution in [1.82, 2.24) is 10.3 Å². The number of hydrogen-bond donors (Lipinski definition) is 2. The molecule has 1 amide bonds. The second kappa shape index (κ2) is 5.49. The van der Waals surface area contributed by atoms with Crippen LogP contribution in [-0.4, -0.2) is 24.5 Å². The number of carbonyl (C=O) groups is 1. The number of aromatic nitrogens is 1. The molecule has 1 aliphatic rings. The summed E-state index contributed by atoms with van der Waals surface area (Å²) in [6, 6.07) is 9.56. The highest BCUT2D eigenvalue weighted by molar-refractivity contribution is 6.06. The van der Waals surface area contributed by atoms with Crippen molar-refractivity contribution in [1.29, 1.82) is 0 Å². The van der Waals surface area contributed by atoms with Crippen molar-refractivity contribution < 1.29 is 4.79 Å². The van der Waals surface area contributed by atoms with E-state index < -0.39 is 0 Å². The van der Waals surface area contributed by atoms with E-state index in [-0.39, 0.29) is 5.91 Å². The quantitative estimate of drug-likeness (QED) is 0.897. The topological polar surface area (TPSA) is 54.0 Å². The number of benzene rings is 1. The molecule has 2 N–H and O–H groups in total. The van der Waals surface area contributed by atoms with E-state index in [0.29, 0.717) is 11.5 Å². The Labute approximate surface area is 118 Å². The highest BCUT2D eigenvalue weighted by atomic mass is 16.1. The van der Waals surface area contributed by atoms with Crippen LogP contribution in [0.3, 0.4) is 0 Å². The SMILES string of the molecule is CNc1cc(C(=O)NCC2CCC2)c2ccccc2n1. The first-order valence-corrected chi connectivity index (χ1v) is 7.13. The lowest BCUT2D eigenvalue weighted by Crippen LogP contribution is -2.32. The minimum absolute atomic E-state index is 0.00741. The van der Waals surface area contributed by atoms with Crippen LogP contribution in [0, 0.1) is 5.92 Å². The highest BCUT2D eigenvalue weighted by Crippen LogP contribution is 2.26. The fraction of sp³-hybridized carbons (Fsp3) is 0.375. The standard InChI is InChI=1S/C16H19N3O/c1-17-15-9-13(12-7-2-3-8-14(12)19-15)16(20)18-10-11-5-4-6-11/h2-3,7-9,11H,4-6,10H2,1H3,(H,17,19)(H,18,20). The van der Waals surface area contributed by atoms with Gasteiger partial charge in [0, 0.05) is 19.0 Å². The number of para-hydroxylation sites is 1. The molecule has 0 atom stereocenters. The second-order valence-corrected chi connectivity index (χ2v) is 5.33.